The van der Waals surface area contributed by atoms with Gasteiger partial charge in [-0.3, -0.25) is 9.97 Å². The molecule has 4 aromatic heterocycles. The van der Waals surface area contributed by atoms with E-state index in [1.165, 1.54) is 16.7 Å². The number of nitrogens with zero attached hydrogens (tertiary/aromatic N) is 3. The topological polar surface area (TPSA) is 54.5 Å². The highest BCUT2D eigenvalue weighted by atomic mass is 35.5. The monoisotopic (exact) mass is 362 g/mol. The molecule has 4 nitrogen and oxygen atoms in total. The highest BCUT2D eigenvalue weighted by molar-refractivity contribution is 6.31. The molecule has 0 unspecified atom stereocenters. The van der Waals surface area contributed by atoms with Crippen molar-refractivity contribution in [2.45, 2.75) is 26.2 Å². The van der Waals surface area contributed by atoms with Crippen molar-refractivity contribution in [3.8, 4) is 0 Å². The number of H-pyrrole nitrogens is 1. The minimum Gasteiger partial charge on any atom is -0.346 e. The molecule has 0 spiro atoms. The quantitative estimate of drug-likeness (QED) is 0.560. The highest BCUT2D eigenvalue weighted by Gasteiger charge is 2.07. The maximum atomic E-state index is 6.07. The lowest BCUT2D eigenvalue weighted by Crippen LogP contribution is -1.97. The van der Waals surface area contributed by atoms with Crippen LogP contribution in [0.4, 0.5) is 0 Å². The Bertz CT molecular complexity index is 1020. The summed E-state index contributed by atoms with van der Waals surface area (Å²) in [6, 6.07) is 10.4. The van der Waals surface area contributed by atoms with Crippen LogP contribution in [0.5, 0.6) is 0 Å². The zero-order valence-electron chi connectivity index (χ0n) is 14.5. The number of hydrogen-bond donors (Lipinski definition) is 1. The van der Waals surface area contributed by atoms with E-state index in [1.54, 1.807) is 6.20 Å². The Morgan fingerprint density at radius 3 is 2.54 bits per heavy atom. The summed E-state index contributed by atoms with van der Waals surface area (Å²) >= 11 is 6.07. The summed E-state index contributed by atoms with van der Waals surface area (Å²) in [4.78, 5) is 16.5. The Hall–Kier alpha value is -2.72. The molecule has 0 aliphatic carbocycles. The number of halogens is 1. The first kappa shape index (κ1) is 16.7. The fourth-order valence-corrected chi connectivity index (χ4v) is 3.18. The van der Waals surface area contributed by atoms with Gasteiger partial charge in [0.1, 0.15) is 5.65 Å². The lowest BCUT2D eigenvalue weighted by molar-refractivity contribution is 0.899. The van der Waals surface area contributed by atoms with Crippen LogP contribution in [0.1, 0.15) is 28.1 Å². The van der Waals surface area contributed by atoms with E-state index in [0.717, 1.165) is 41.7 Å². The second kappa shape index (κ2) is 7.26. The van der Waals surface area contributed by atoms with Crippen LogP contribution in [-0.4, -0.2) is 19.9 Å². The molecule has 1 N–H and O–H groups in total. The molecule has 0 bridgehead atoms. The summed E-state index contributed by atoms with van der Waals surface area (Å²) in [5.74, 6) is 0. The molecule has 0 fully saturated rings. The van der Waals surface area contributed by atoms with Crippen molar-refractivity contribution in [2.24, 2.45) is 0 Å². The summed E-state index contributed by atoms with van der Waals surface area (Å²) in [6.45, 7) is 2.00. The van der Waals surface area contributed by atoms with Crippen LogP contribution in [0, 0.1) is 6.92 Å². The average molecular weight is 363 g/mol. The van der Waals surface area contributed by atoms with Gasteiger partial charge in [0.05, 0.1) is 5.02 Å². The smallest absolute Gasteiger partial charge is 0.137 e. The van der Waals surface area contributed by atoms with Crippen molar-refractivity contribution in [1.29, 1.82) is 0 Å². The van der Waals surface area contributed by atoms with E-state index in [9.17, 15) is 0 Å². The van der Waals surface area contributed by atoms with Gasteiger partial charge in [0, 0.05) is 48.0 Å². The first-order valence-corrected chi connectivity index (χ1v) is 9.02. The summed E-state index contributed by atoms with van der Waals surface area (Å²) in [6.07, 6.45) is 10.2. The van der Waals surface area contributed by atoms with Crippen molar-refractivity contribution < 1.29 is 0 Å². The second-order valence-corrected chi connectivity index (χ2v) is 6.94. The molecule has 0 atom stereocenters. The molecule has 4 rings (SSSR count). The Kier molecular flexibility index (Phi) is 4.67. The van der Waals surface area contributed by atoms with Crippen molar-refractivity contribution in [3.05, 3.63) is 88.2 Å². The summed E-state index contributed by atoms with van der Waals surface area (Å²) in [5, 5.41) is 1.71. The largest absolute Gasteiger partial charge is 0.346 e. The van der Waals surface area contributed by atoms with Crippen LogP contribution in [0.25, 0.3) is 11.0 Å². The van der Waals surface area contributed by atoms with Crippen LogP contribution in [0.15, 0.2) is 55.1 Å². The summed E-state index contributed by atoms with van der Waals surface area (Å²) in [5.41, 5.74) is 6.59. The molecule has 5 heteroatoms. The third-order valence-electron chi connectivity index (χ3n) is 4.51. The van der Waals surface area contributed by atoms with E-state index in [-0.39, 0.29) is 0 Å². The molecule has 0 aliphatic heterocycles. The number of nitrogens with one attached hydrogen (secondary N) is 1. The summed E-state index contributed by atoms with van der Waals surface area (Å²) < 4.78 is 0. The molecule has 130 valence electrons. The van der Waals surface area contributed by atoms with Crippen LogP contribution in [0.2, 0.25) is 5.02 Å². The minimum atomic E-state index is 0.650. The zero-order valence-corrected chi connectivity index (χ0v) is 15.3. The molecule has 26 heavy (non-hydrogen) atoms. The summed E-state index contributed by atoms with van der Waals surface area (Å²) in [7, 11) is 0. The molecule has 0 radical (unpaired) electrons. The predicted octanol–water partition coefficient (Wildman–Crippen LogP) is 4.69. The van der Waals surface area contributed by atoms with Crippen LogP contribution < -0.4 is 0 Å². The van der Waals surface area contributed by atoms with E-state index in [0.29, 0.717) is 5.02 Å². The van der Waals surface area contributed by atoms with Gasteiger partial charge in [0.25, 0.3) is 0 Å². The Morgan fingerprint density at radius 2 is 1.77 bits per heavy atom. The molecule has 0 saturated heterocycles. The van der Waals surface area contributed by atoms with Gasteiger partial charge in [-0.2, -0.15) is 0 Å². The fraction of sp³-hybridized carbons (Fsp3) is 0.190. The maximum absolute atomic E-state index is 6.07. The third kappa shape index (κ3) is 3.75. The van der Waals surface area contributed by atoms with Gasteiger partial charge >= 0.3 is 0 Å². The normalized spacial score (nSPS) is 11.2. The van der Waals surface area contributed by atoms with Crippen LogP contribution in [-0.2, 0) is 19.3 Å². The Morgan fingerprint density at radius 1 is 0.923 bits per heavy atom. The van der Waals surface area contributed by atoms with Gasteiger partial charge in [-0.1, -0.05) is 23.7 Å². The maximum Gasteiger partial charge on any atom is 0.137 e. The Labute approximate surface area is 157 Å². The SMILES string of the molecule is Cc1ccc(CCc2ccc(Cc3c[nH]c4ncc(Cl)cc34)cn2)cn1. The second-order valence-electron chi connectivity index (χ2n) is 6.51. The zero-order chi connectivity index (χ0) is 17.9. The number of pyridine rings is 3. The lowest BCUT2D eigenvalue weighted by atomic mass is 10.1. The van der Waals surface area contributed by atoms with E-state index in [4.69, 9.17) is 11.6 Å². The molecule has 0 saturated carbocycles. The number of aryl methyl sites for hydroxylation is 3. The predicted molar refractivity (Wildman–Crippen MR) is 105 cm³/mol. The first-order valence-electron chi connectivity index (χ1n) is 8.64. The van der Waals surface area contributed by atoms with E-state index >= 15 is 0 Å². The molecular weight excluding hydrogens is 344 g/mol. The molecular formula is C21H19ClN4. The number of hydrogen-bond acceptors (Lipinski definition) is 3. The number of aromatic amines is 1. The molecule has 0 amide bonds. The average Bonchev–Trinajstić information content (AvgIpc) is 3.04. The molecule has 0 aliphatic rings. The van der Waals surface area contributed by atoms with Crippen LogP contribution in [0.3, 0.4) is 0 Å². The van der Waals surface area contributed by atoms with E-state index < -0.39 is 0 Å². The van der Waals surface area contributed by atoms with Gasteiger partial charge in [0.15, 0.2) is 0 Å². The van der Waals surface area contributed by atoms with Crippen molar-refractivity contribution in [3.63, 3.8) is 0 Å². The lowest BCUT2D eigenvalue weighted by Gasteiger charge is -2.04. The molecule has 4 heterocycles. The standard InChI is InChI=1S/C21H19ClN4/c1-14-2-3-15(10-23-14)4-6-19-7-5-16(11-24-19)8-17-12-25-21-20(17)9-18(22)13-26-21/h2-3,5,7,9-13H,4,6,8H2,1H3,(H,25,26). The fourth-order valence-electron chi connectivity index (χ4n) is 3.02. The van der Waals surface area contributed by atoms with Crippen molar-refractivity contribution in [1.82, 2.24) is 19.9 Å². The highest BCUT2D eigenvalue weighted by Crippen LogP contribution is 2.22. The van der Waals surface area contributed by atoms with E-state index in [1.807, 2.05) is 37.6 Å². The Balaban J connectivity index is 1.43. The molecule has 0 aromatic carbocycles. The van der Waals surface area contributed by atoms with Crippen LogP contribution >= 0.6 is 11.6 Å². The van der Waals surface area contributed by atoms with Gasteiger partial charge in [-0.15, -0.1) is 0 Å². The van der Waals surface area contributed by atoms with E-state index in [2.05, 4.69) is 38.1 Å². The van der Waals surface area contributed by atoms with Gasteiger partial charge in [0.2, 0.25) is 0 Å². The van der Waals surface area contributed by atoms with Gasteiger partial charge < -0.3 is 4.98 Å². The van der Waals surface area contributed by atoms with Gasteiger partial charge in [-0.05, 0) is 54.7 Å². The number of fused-ring (bicyclic) bond motifs is 1. The van der Waals surface area contributed by atoms with Gasteiger partial charge in [-0.25, -0.2) is 4.98 Å². The minimum absolute atomic E-state index is 0.650. The molecule has 4 aromatic rings. The van der Waals surface area contributed by atoms with Crippen molar-refractivity contribution >= 4 is 22.6 Å². The number of rotatable bonds is 5. The van der Waals surface area contributed by atoms with Crippen molar-refractivity contribution in [2.75, 3.05) is 0 Å². The third-order valence-corrected chi connectivity index (χ3v) is 4.71. The number of aromatic nitrogens is 4. The first-order chi connectivity index (χ1) is 12.7.